The molecule has 1 aliphatic rings. The predicted octanol–water partition coefficient (Wildman–Crippen LogP) is 5.09. The summed E-state index contributed by atoms with van der Waals surface area (Å²) in [6, 6.07) is 18.2. The van der Waals surface area contributed by atoms with E-state index in [1.54, 1.807) is 18.3 Å². The molecule has 5 rings (SSSR count). The lowest BCUT2D eigenvalue weighted by Crippen LogP contribution is -2.33. The van der Waals surface area contributed by atoms with Crippen molar-refractivity contribution in [3.8, 4) is 22.7 Å². The molecule has 0 atom stereocenters. The molecule has 1 fully saturated rings. The maximum absolute atomic E-state index is 13.4. The number of pyridine rings is 1. The Labute approximate surface area is 181 Å². The Morgan fingerprint density at radius 2 is 1.77 bits per heavy atom. The second kappa shape index (κ2) is 8.86. The van der Waals surface area contributed by atoms with Crippen LogP contribution in [0.5, 0.6) is 5.75 Å². The Bertz CT molecular complexity index is 1170. The zero-order valence-corrected chi connectivity index (χ0v) is 17.4. The Morgan fingerprint density at radius 1 is 0.935 bits per heavy atom. The van der Waals surface area contributed by atoms with Gasteiger partial charge in [-0.15, -0.1) is 0 Å². The van der Waals surface area contributed by atoms with Gasteiger partial charge in [-0.2, -0.15) is 5.10 Å². The summed E-state index contributed by atoms with van der Waals surface area (Å²) < 4.78 is 21.3. The number of rotatable bonds is 6. The van der Waals surface area contributed by atoms with Crippen molar-refractivity contribution in [2.75, 3.05) is 26.2 Å². The summed E-state index contributed by atoms with van der Waals surface area (Å²) in [6.07, 6.45) is 5.66. The minimum absolute atomic E-state index is 0.264. The Morgan fingerprint density at radius 3 is 2.61 bits per heavy atom. The average molecular weight is 417 g/mol. The Balaban J connectivity index is 1.41. The van der Waals surface area contributed by atoms with Gasteiger partial charge in [-0.25, -0.2) is 14.1 Å². The van der Waals surface area contributed by atoms with E-state index < -0.39 is 0 Å². The molecule has 2 aromatic carbocycles. The number of halogens is 1. The highest BCUT2D eigenvalue weighted by Gasteiger charge is 2.15. The monoisotopic (exact) mass is 416 g/mol. The van der Waals surface area contributed by atoms with E-state index >= 15 is 0 Å². The van der Waals surface area contributed by atoms with Crippen LogP contribution in [0.2, 0.25) is 0 Å². The van der Waals surface area contributed by atoms with Crippen molar-refractivity contribution in [3.05, 3.63) is 72.7 Å². The van der Waals surface area contributed by atoms with Crippen molar-refractivity contribution in [2.24, 2.45) is 0 Å². The Hall–Kier alpha value is -3.25. The highest BCUT2D eigenvalue weighted by atomic mass is 19.1. The fraction of sp³-hybridized carbons (Fsp3) is 0.280. The van der Waals surface area contributed by atoms with E-state index in [9.17, 15) is 4.39 Å². The third-order valence-corrected chi connectivity index (χ3v) is 5.75. The molecule has 0 amide bonds. The molecule has 6 heteroatoms. The lowest BCUT2D eigenvalue weighted by atomic mass is 10.1. The van der Waals surface area contributed by atoms with Gasteiger partial charge in [0, 0.05) is 29.8 Å². The van der Waals surface area contributed by atoms with Crippen molar-refractivity contribution >= 4 is 11.0 Å². The number of nitrogens with zero attached hydrogens (tertiary/aromatic N) is 4. The van der Waals surface area contributed by atoms with Crippen LogP contribution in [-0.4, -0.2) is 45.9 Å². The molecule has 158 valence electrons. The van der Waals surface area contributed by atoms with Gasteiger partial charge in [0.05, 0.1) is 5.69 Å². The third-order valence-electron chi connectivity index (χ3n) is 5.75. The van der Waals surface area contributed by atoms with Gasteiger partial charge in [-0.1, -0.05) is 12.5 Å². The van der Waals surface area contributed by atoms with Crippen LogP contribution in [0.25, 0.3) is 28.0 Å². The summed E-state index contributed by atoms with van der Waals surface area (Å²) in [7, 11) is 0. The average Bonchev–Trinajstić information content (AvgIpc) is 3.20. The molecule has 0 N–H and O–H groups in total. The summed E-state index contributed by atoms with van der Waals surface area (Å²) in [5, 5.41) is 5.74. The van der Waals surface area contributed by atoms with Gasteiger partial charge in [0.15, 0.2) is 5.65 Å². The zero-order valence-electron chi connectivity index (χ0n) is 17.4. The smallest absolute Gasteiger partial charge is 0.163 e. The number of piperidine rings is 1. The van der Waals surface area contributed by atoms with Gasteiger partial charge in [0.1, 0.15) is 23.9 Å². The van der Waals surface area contributed by atoms with E-state index in [-0.39, 0.29) is 5.82 Å². The number of hydrogen-bond acceptors (Lipinski definition) is 4. The second-order valence-corrected chi connectivity index (χ2v) is 7.89. The highest BCUT2D eigenvalue weighted by Crippen LogP contribution is 2.29. The quantitative estimate of drug-likeness (QED) is 0.439. The molecule has 1 saturated heterocycles. The first kappa shape index (κ1) is 19.7. The molecule has 4 aromatic rings. The van der Waals surface area contributed by atoms with Gasteiger partial charge in [0.25, 0.3) is 0 Å². The first-order valence-electron chi connectivity index (χ1n) is 10.8. The number of likely N-dealkylation sites (tertiary alicyclic amines) is 1. The molecule has 0 saturated carbocycles. The first-order valence-corrected chi connectivity index (χ1v) is 10.8. The Kier molecular flexibility index (Phi) is 5.63. The first-order chi connectivity index (χ1) is 15.3. The van der Waals surface area contributed by atoms with Crippen LogP contribution in [0.15, 0.2) is 66.9 Å². The maximum atomic E-state index is 13.4. The highest BCUT2D eigenvalue weighted by molar-refractivity contribution is 5.92. The maximum Gasteiger partial charge on any atom is 0.163 e. The van der Waals surface area contributed by atoms with Crippen LogP contribution in [-0.2, 0) is 0 Å². The van der Waals surface area contributed by atoms with E-state index in [1.807, 2.05) is 41.1 Å². The van der Waals surface area contributed by atoms with Crippen molar-refractivity contribution in [1.29, 1.82) is 0 Å². The lowest BCUT2D eigenvalue weighted by Gasteiger charge is -2.26. The van der Waals surface area contributed by atoms with E-state index in [2.05, 4.69) is 9.88 Å². The molecule has 0 bridgehead atoms. The molecule has 0 unspecified atom stereocenters. The molecule has 31 heavy (non-hydrogen) atoms. The fourth-order valence-electron chi connectivity index (χ4n) is 4.13. The van der Waals surface area contributed by atoms with Crippen LogP contribution in [0, 0.1) is 5.82 Å². The number of aromatic nitrogens is 3. The van der Waals surface area contributed by atoms with Gasteiger partial charge in [-0.3, -0.25) is 4.90 Å². The second-order valence-electron chi connectivity index (χ2n) is 7.89. The van der Waals surface area contributed by atoms with E-state index in [0.717, 1.165) is 40.3 Å². The van der Waals surface area contributed by atoms with E-state index in [4.69, 9.17) is 9.84 Å². The molecule has 0 radical (unpaired) electrons. The number of benzene rings is 2. The topological polar surface area (TPSA) is 43.2 Å². The lowest BCUT2D eigenvalue weighted by molar-refractivity contribution is 0.183. The van der Waals surface area contributed by atoms with Crippen molar-refractivity contribution in [1.82, 2.24) is 19.7 Å². The van der Waals surface area contributed by atoms with Crippen LogP contribution in [0.3, 0.4) is 0 Å². The minimum Gasteiger partial charge on any atom is -0.492 e. The molecule has 3 heterocycles. The summed E-state index contributed by atoms with van der Waals surface area (Å²) in [4.78, 5) is 7.02. The van der Waals surface area contributed by atoms with Crippen LogP contribution >= 0.6 is 0 Å². The third kappa shape index (κ3) is 4.30. The standard InChI is InChI=1S/C25H25FN4O/c26-20-11-9-19(10-12-20)24-23-8-5-13-27-25(23)30(28-24)21-6-4-7-22(18-21)31-17-16-29-14-2-1-3-15-29/h4-13,18H,1-3,14-17H2. The van der Waals surface area contributed by atoms with E-state index in [1.165, 1.54) is 44.5 Å². The molecule has 0 spiro atoms. The summed E-state index contributed by atoms with van der Waals surface area (Å²) in [6.45, 7) is 3.95. The van der Waals surface area contributed by atoms with Gasteiger partial charge < -0.3 is 4.74 Å². The molecule has 0 aliphatic carbocycles. The van der Waals surface area contributed by atoms with Gasteiger partial charge >= 0.3 is 0 Å². The van der Waals surface area contributed by atoms with Crippen molar-refractivity contribution < 1.29 is 9.13 Å². The summed E-state index contributed by atoms with van der Waals surface area (Å²) in [5.74, 6) is 0.553. The number of hydrogen-bond donors (Lipinski definition) is 0. The van der Waals surface area contributed by atoms with Crippen molar-refractivity contribution in [3.63, 3.8) is 0 Å². The van der Waals surface area contributed by atoms with Crippen LogP contribution < -0.4 is 4.74 Å². The number of ether oxygens (including phenoxy) is 1. The molecular formula is C25H25FN4O. The van der Waals surface area contributed by atoms with Crippen LogP contribution in [0.1, 0.15) is 19.3 Å². The van der Waals surface area contributed by atoms with Gasteiger partial charge in [-0.05, 0) is 74.5 Å². The van der Waals surface area contributed by atoms with E-state index in [0.29, 0.717) is 6.61 Å². The normalized spacial score (nSPS) is 14.7. The van der Waals surface area contributed by atoms with Crippen molar-refractivity contribution in [2.45, 2.75) is 19.3 Å². The summed E-state index contributed by atoms with van der Waals surface area (Å²) in [5.41, 5.74) is 3.27. The minimum atomic E-state index is -0.264. The molecule has 2 aromatic heterocycles. The zero-order chi connectivity index (χ0) is 21.0. The largest absolute Gasteiger partial charge is 0.492 e. The number of fused-ring (bicyclic) bond motifs is 1. The summed E-state index contributed by atoms with van der Waals surface area (Å²) >= 11 is 0. The van der Waals surface area contributed by atoms with Gasteiger partial charge in [0.2, 0.25) is 0 Å². The molecule has 5 nitrogen and oxygen atoms in total. The van der Waals surface area contributed by atoms with Crippen LogP contribution in [0.4, 0.5) is 4.39 Å². The SMILES string of the molecule is Fc1ccc(-c2nn(-c3cccc(OCCN4CCCCC4)c3)c3ncccc23)cc1. The molecular weight excluding hydrogens is 391 g/mol. The fourth-order valence-corrected chi connectivity index (χ4v) is 4.13. The molecule has 1 aliphatic heterocycles. The predicted molar refractivity (Wildman–Crippen MR) is 120 cm³/mol.